The fraction of sp³-hybridized carbons (Fsp3) is 0. The summed E-state index contributed by atoms with van der Waals surface area (Å²) < 4.78 is 5.59. The van der Waals surface area contributed by atoms with Gasteiger partial charge in [-0.2, -0.15) is 0 Å². The molecule has 0 unspecified atom stereocenters. The fourth-order valence-corrected chi connectivity index (χ4v) is 1.62. The highest BCUT2D eigenvalue weighted by Crippen LogP contribution is 2.23. The first-order chi connectivity index (χ1) is 7.58. The van der Waals surface area contributed by atoms with Gasteiger partial charge in [0.15, 0.2) is 10.4 Å². The Morgan fingerprint density at radius 2 is 2.06 bits per heavy atom. The van der Waals surface area contributed by atoms with Crippen molar-refractivity contribution < 1.29 is 14.3 Å². The van der Waals surface area contributed by atoms with E-state index in [1.165, 1.54) is 24.3 Å². The molecule has 2 rings (SSSR count). The van der Waals surface area contributed by atoms with Gasteiger partial charge in [-0.15, -0.1) is 0 Å². The van der Waals surface area contributed by atoms with Crippen molar-refractivity contribution in [3.63, 3.8) is 0 Å². The highest BCUT2D eigenvalue weighted by molar-refractivity contribution is 9.10. The third-order valence-electron chi connectivity index (χ3n) is 2.08. The molecule has 5 heteroatoms. The van der Waals surface area contributed by atoms with Crippen LogP contribution in [0.5, 0.6) is 5.75 Å². The minimum Gasteiger partial charge on any atom is -0.508 e. The molecular weight excluding hydrogens is 274 g/mol. The van der Waals surface area contributed by atoms with Crippen molar-refractivity contribution in [1.29, 1.82) is 0 Å². The lowest BCUT2D eigenvalue weighted by Gasteiger charge is -2.03. The molecular formula is C11H8BrNO3. The molecule has 82 valence electrons. The lowest BCUT2D eigenvalue weighted by Crippen LogP contribution is -2.03. The van der Waals surface area contributed by atoms with Gasteiger partial charge in [-0.25, -0.2) is 0 Å². The molecule has 1 aromatic carbocycles. The molecule has 0 saturated carbocycles. The number of anilines is 1. The van der Waals surface area contributed by atoms with E-state index >= 15 is 0 Å². The molecule has 0 aliphatic heterocycles. The average Bonchev–Trinajstić information content (AvgIpc) is 2.67. The van der Waals surface area contributed by atoms with Crippen LogP contribution >= 0.6 is 15.9 Å². The minimum atomic E-state index is -0.362. The maximum atomic E-state index is 11.9. The van der Waals surface area contributed by atoms with Crippen LogP contribution in [0.1, 0.15) is 16.1 Å². The Morgan fingerprint density at radius 3 is 2.69 bits per heavy atom. The van der Waals surface area contributed by atoms with Gasteiger partial charge in [0.25, 0.3) is 0 Å². The number of rotatable bonds is 2. The molecule has 0 aliphatic rings. The highest BCUT2D eigenvalue weighted by Gasteiger charge is 2.16. The molecule has 4 nitrogen and oxygen atoms in total. The molecule has 0 spiro atoms. The second-order valence-electron chi connectivity index (χ2n) is 3.20. The Bertz CT molecular complexity index is 548. The number of carbonyl (C=O) groups is 1. The number of nitrogens with two attached hydrogens (primary N) is 1. The predicted octanol–water partition coefficient (Wildman–Crippen LogP) is 2.56. The topological polar surface area (TPSA) is 76.5 Å². The standard InChI is InChI=1S/C11H8BrNO3/c12-10-4-3-9(16-10)11(15)7-5-6(14)1-2-8(7)13/h1-5,14H,13H2. The zero-order valence-corrected chi connectivity index (χ0v) is 9.69. The Labute approximate surface area is 99.8 Å². The van der Waals surface area contributed by atoms with Crippen LogP contribution in [0.3, 0.4) is 0 Å². The molecule has 0 radical (unpaired) electrons. The Morgan fingerprint density at radius 1 is 1.31 bits per heavy atom. The first-order valence-corrected chi connectivity index (χ1v) is 5.26. The van der Waals surface area contributed by atoms with E-state index in [0.29, 0.717) is 10.4 Å². The summed E-state index contributed by atoms with van der Waals surface area (Å²) in [5.74, 6) is -0.202. The van der Waals surface area contributed by atoms with Gasteiger partial charge in [0, 0.05) is 5.69 Å². The van der Waals surface area contributed by atoms with Crippen molar-refractivity contribution in [1.82, 2.24) is 0 Å². The number of nitrogen functional groups attached to an aromatic ring is 1. The Kier molecular flexibility index (Phi) is 2.70. The molecule has 0 atom stereocenters. The largest absolute Gasteiger partial charge is 0.508 e. The van der Waals surface area contributed by atoms with Gasteiger partial charge in [0.1, 0.15) is 5.75 Å². The predicted molar refractivity (Wildman–Crippen MR) is 62.4 cm³/mol. The lowest BCUT2D eigenvalue weighted by molar-refractivity contribution is 0.101. The first-order valence-electron chi connectivity index (χ1n) is 4.46. The lowest BCUT2D eigenvalue weighted by atomic mass is 10.1. The number of hydrogen-bond donors (Lipinski definition) is 2. The van der Waals surface area contributed by atoms with Crippen LogP contribution in [0.4, 0.5) is 5.69 Å². The van der Waals surface area contributed by atoms with Crippen LogP contribution in [-0.4, -0.2) is 10.9 Å². The number of carbonyl (C=O) groups excluding carboxylic acids is 1. The van der Waals surface area contributed by atoms with Crippen LogP contribution in [0.2, 0.25) is 0 Å². The van der Waals surface area contributed by atoms with Crippen LogP contribution in [0, 0.1) is 0 Å². The van der Waals surface area contributed by atoms with Gasteiger partial charge in [0.2, 0.25) is 5.78 Å². The summed E-state index contributed by atoms with van der Waals surface area (Å²) in [6.45, 7) is 0. The molecule has 0 aliphatic carbocycles. The van der Waals surface area contributed by atoms with Crippen LogP contribution in [-0.2, 0) is 0 Å². The highest BCUT2D eigenvalue weighted by atomic mass is 79.9. The van der Waals surface area contributed by atoms with E-state index in [9.17, 15) is 9.90 Å². The van der Waals surface area contributed by atoms with Crippen molar-refractivity contribution in [2.24, 2.45) is 0 Å². The number of benzene rings is 1. The number of phenols is 1. The summed E-state index contributed by atoms with van der Waals surface area (Å²) in [5, 5.41) is 9.29. The molecule has 1 heterocycles. The average molecular weight is 282 g/mol. The summed E-state index contributed by atoms with van der Waals surface area (Å²) in [6, 6.07) is 7.36. The van der Waals surface area contributed by atoms with Gasteiger partial charge in [-0.05, 0) is 46.3 Å². The maximum absolute atomic E-state index is 11.9. The molecule has 0 fully saturated rings. The van der Waals surface area contributed by atoms with E-state index in [1.807, 2.05) is 0 Å². The van der Waals surface area contributed by atoms with Crippen LogP contribution < -0.4 is 5.73 Å². The normalized spacial score (nSPS) is 10.3. The van der Waals surface area contributed by atoms with Gasteiger partial charge in [-0.1, -0.05) is 0 Å². The molecule has 0 bridgehead atoms. The number of aromatic hydroxyl groups is 1. The van der Waals surface area contributed by atoms with Crippen molar-refractivity contribution in [3.05, 3.63) is 46.3 Å². The number of hydrogen-bond acceptors (Lipinski definition) is 4. The third kappa shape index (κ3) is 1.94. The molecule has 2 aromatic rings. The van der Waals surface area contributed by atoms with Gasteiger partial charge in [0.05, 0.1) is 5.56 Å². The quantitative estimate of drug-likeness (QED) is 0.504. The summed E-state index contributed by atoms with van der Waals surface area (Å²) in [7, 11) is 0. The number of halogens is 1. The monoisotopic (exact) mass is 281 g/mol. The Balaban J connectivity index is 2.45. The second kappa shape index (κ2) is 4.02. The summed E-state index contributed by atoms with van der Waals surface area (Å²) >= 11 is 3.11. The zero-order chi connectivity index (χ0) is 11.7. The SMILES string of the molecule is Nc1ccc(O)cc1C(=O)c1ccc(Br)o1. The van der Waals surface area contributed by atoms with Crippen molar-refractivity contribution >= 4 is 27.4 Å². The van der Waals surface area contributed by atoms with Gasteiger partial charge in [-0.3, -0.25) is 4.79 Å². The van der Waals surface area contributed by atoms with E-state index in [1.54, 1.807) is 6.07 Å². The molecule has 0 saturated heterocycles. The molecule has 3 N–H and O–H groups in total. The van der Waals surface area contributed by atoms with Gasteiger partial charge < -0.3 is 15.3 Å². The fourth-order valence-electron chi connectivity index (χ4n) is 1.31. The molecule has 1 aromatic heterocycles. The summed E-state index contributed by atoms with van der Waals surface area (Å²) in [6.07, 6.45) is 0. The number of phenolic OH excluding ortho intramolecular Hbond substituents is 1. The number of furan rings is 1. The summed E-state index contributed by atoms with van der Waals surface area (Å²) in [4.78, 5) is 11.9. The smallest absolute Gasteiger partial charge is 0.230 e. The maximum Gasteiger partial charge on any atom is 0.230 e. The third-order valence-corrected chi connectivity index (χ3v) is 2.50. The summed E-state index contributed by atoms with van der Waals surface area (Å²) in [5.41, 5.74) is 6.17. The van der Waals surface area contributed by atoms with E-state index in [2.05, 4.69) is 15.9 Å². The van der Waals surface area contributed by atoms with Crippen molar-refractivity contribution in [2.45, 2.75) is 0 Å². The molecule has 0 amide bonds. The Hall–Kier alpha value is -1.75. The minimum absolute atomic E-state index is 0.0110. The van der Waals surface area contributed by atoms with E-state index < -0.39 is 0 Å². The van der Waals surface area contributed by atoms with Crippen molar-refractivity contribution in [3.8, 4) is 5.75 Å². The second-order valence-corrected chi connectivity index (χ2v) is 3.99. The van der Waals surface area contributed by atoms with Crippen molar-refractivity contribution in [2.75, 3.05) is 5.73 Å². The zero-order valence-electron chi connectivity index (χ0n) is 8.11. The van der Waals surface area contributed by atoms with Crippen LogP contribution in [0.15, 0.2) is 39.4 Å². The van der Waals surface area contributed by atoms with E-state index in [-0.39, 0.29) is 22.9 Å². The molecule has 16 heavy (non-hydrogen) atoms. The van der Waals surface area contributed by atoms with E-state index in [0.717, 1.165) is 0 Å². The first kappa shape index (κ1) is 10.8. The van der Waals surface area contributed by atoms with E-state index in [4.69, 9.17) is 10.2 Å². The van der Waals surface area contributed by atoms with Crippen LogP contribution in [0.25, 0.3) is 0 Å². The number of ketones is 1. The van der Waals surface area contributed by atoms with Gasteiger partial charge >= 0.3 is 0 Å².